The number of ether oxygens (including phenoxy) is 1. The lowest BCUT2D eigenvalue weighted by atomic mass is 10.0. The first-order valence-electron chi connectivity index (χ1n) is 9.36. The highest BCUT2D eigenvalue weighted by Gasteiger charge is 2.54. The molecule has 3 rings (SSSR count). The highest BCUT2D eigenvalue weighted by atomic mass is 32.2. The monoisotopic (exact) mass is 463 g/mol. The molecule has 0 saturated carbocycles. The molecule has 1 fully saturated rings. The normalized spacial score (nSPS) is 20.6. The first kappa shape index (κ1) is 23.1. The molecule has 7 N–H and O–H groups in total. The zero-order valence-corrected chi connectivity index (χ0v) is 17.7. The van der Waals surface area contributed by atoms with Crippen molar-refractivity contribution in [1.82, 2.24) is 10.2 Å². The highest BCUT2D eigenvalue weighted by molar-refractivity contribution is 8.00. The van der Waals surface area contributed by atoms with Crippen molar-refractivity contribution in [1.29, 1.82) is 0 Å². The Hall–Kier alpha value is -3.58. The molecule has 13 heteroatoms. The van der Waals surface area contributed by atoms with Crippen LogP contribution in [0.15, 0.2) is 35.5 Å². The number of anilines is 1. The summed E-state index contributed by atoms with van der Waals surface area (Å²) in [5.41, 5.74) is 11.9. The number of nitrogens with one attached hydrogen (secondary N) is 2. The van der Waals surface area contributed by atoms with E-state index in [1.165, 1.54) is 43.0 Å². The van der Waals surface area contributed by atoms with E-state index in [9.17, 15) is 29.1 Å². The van der Waals surface area contributed by atoms with Gasteiger partial charge in [0, 0.05) is 23.9 Å². The summed E-state index contributed by atoms with van der Waals surface area (Å²) < 4.78 is 4.88. The van der Waals surface area contributed by atoms with Crippen LogP contribution in [0.5, 0.6) is 0 Å². The van der Waals surface area contributed by atoms with E-state index < -0.39 is 47.2 Å². The fraction of sp³-hybridized carbons (Fsp3) is 0.316. The van der Waals surface area contributed by atoms with E-state index in [0.29, 0.717) is 16.8 Å². The third-order valence-electron chi connectivity index (χ3n) is 4.82. The maximum atomic E-state index is 12.6. The lowest BCUT2D eigenvalue weighted by molar-refractivity contribution is -0.151. The van der Waals surface area contributed by atoms with Crippen molar-refractivity contribution in [2.24, 2.45) is 11.5 Å². The SMILES string of the molecule is CC(=O)OCC1=C(C(=O)O)N2C(=O)[C@@H](NC(=O)C(N)c3ccc(NC(N)=O)cc3)[C@H]2SC1. The third-order valence-corrected chi connectivity index (χ3v) is 6.16. The first-order chi connectivity index (χ1) is 15.1. The van der Waals surface area contributed by atoms with E-state index in [-0.39, 0.29) is 18.1 Å². The van der Waals surface area contributed by atoms with Crippen LogP contribution in [-0.2, 0) is 23.9 Å². The van der Waals surface area contributed by atoms with Crippen LogP contribution >= 0.6 is 11.8 Å². The van der Waals surface area contributed by atoms with Gasteiger partial charge in [0.1, 0.15) is 29.8 Å². The van der Waals surface area contributed by atoms with Crippen LogP contribution in [-0.4, -0.2) is 63.6 Å². The van der Waals surface area contributed by atoms with Gasteiger partial charge in [0.05, 0.1) is 0 Å². The predicted molar refractivity (Wildman–Crippen MR) is 113 cm³/mol. The second-order valence-corrected chi connectivity index (χ2v) is 8.13. The quantitative estimate of drug-likeness (QED) is 0.261. The molecule has 2 aliphatic heterocycles. The average molecular weight is 463 g/mol. The molecule has 1 aromatic carbocycles. The van der Waals surface area contributed by atoms with Gasteiger partial charge < -0.3 is 31.9 Å². The smallest absolute Gasteiger partial charge is 0.352 e. The van der Waals surface area contributed by atoms with Gasteiger partial charge in [-0.15, -0.1) is 11.8 Å². The highest BCUT2D eigenvalue weighted by Crippen LogP contribution is 2.40. The molecule has 0 radical (unpaired) electrons. The number of carbonyl (C=O) groups excluding carboxylic acids is 4. The van der Waals surface area contributed by atoms with Crippen LogP contribution < -0.4 is 22.1 Å². The maximum absolute atomic E-state index is 12.6. The van der Waals surface area contributed by atoms with E-state index in [1.807, 2.05) is 0 Å². The zero-order valence-electron chi connectivity index (χ0n) is 16.9. The van der Waals surface area contributed by atoms with Crippen LogP contribution in [0.4, 0.5) is 10.5 Å². The number of fused-ring (bicyclic) bond motifs is 1. The lowest BCUT2D eigenvalue weighted by Crippen LogP contribution is -2.71. The lowest BCUT2D eigenvalue weighted by Gasteiger charge is -2.49. The number of benzene rings is 1. The molecule has 0 aromatic heterocycles. The molecule has 2 heterocycles. The molecule has 1 saturated heterocycles. The second-order valence-electron chi connectivity index (χ2n) is 7.02. The second kappa shape index (κ2) is 9.28. The van der Waals surface area contributed by atoms with Gasteiger partial charge in [0.2, 0.25) is 5.91 Å². The Labute approximate surface area is 186 Å². The van der Waals surface area contributed by atoms with Crippen molar-refractivity contribution in [3.05, 3.63) is 41.1 Å². The van der Waals surface area contributed by atoms with Gasteiger partial charge in [0.15, 0.2) is 0 Å². The Kier molecular flexibility index (Phi) is 6.69. The summed E-state index contributed by atoms with van der Waals surface area (Å²) >= 11 is 1.25. The summed E-state index contributed by atoms with van der Waals surface area (Å²) in [5, 5.41) is 13.9. The minimum atomic E-state index is -1.32. The largest absolute Gasteiger partial charge is 0.477 e. The van der Waals surface area contributed by atoms with Crippen LogP contribution in [0.25, 0.3) is 0 Å². The summed E-state index contributed by atoms with van der Waals surface area (Å²) in [5.74, 6) is -2.89. The number of carboxylic acid groups (broad SMARTS) is 1. The van der Waals surface area contributed by atoms with E-state index in [0.717, 1.165) is 4.90 Å². The molecule has 1 aromatic rings. The fourth-order valence-electron chi connectivity index (χ4n) is 3.29. The van der Waals surface area contributed by atoms with Gasteiger partial charge in [-0.1, -0.05) is 12.1 Å². The molecule has 1 unspecified atom stereocenters. The number of hydrogen-bond donors (Lipinski definition) is 5. The van der Waals surface area contributed by atoms with E-state index in [1.54, 1.807) is 0 Å². The summed E-state index contributed by atoms with van der Waals surface area (Å²) in [4.78, 5) is 60.0. The Morgan fingerprint density at radius 1 is 1.28 bits per heavy atom. The molecule has 3 atom stereocenters. The molecule has 32 heavy (non-hydrogen) atoms. The van der Waals surface area contributed by atoms with Crippen molar-refractivity contribution >= 4 is 47.2 Å². The van der Waals surface area contributed by atoms with Crippen molar-refractivity contribution in [2.45, 2.75) is 24.4 Å². The number of nitrogens with zero attached hydrogens (tertiary/aromatic N) is 1. The fourth-order valence-corrected chi connectivity index (χ4v) is 4.62. The van der Waals surface area contributed by atoms with Crippen LogP contribution in [0.1, 0.15) is 18.5 Å². The van der Waals surface area contributed by atoms with Gasteiger partial charge in [0.25, 0.3) is 5.91 Å². The molecule has 170 valence electrons. The number of thioether (sulfide) groups is 1. The molecule has 12 nitrogen and oxygen atoms in total. The molecule has 0 bridgehead atoms. The van der Waals surface area contributed by atoms with Crippen molar-refractivity contribution in [2.75, 3.05) is 17.7 Å². The molecular weight excluding hydrogens is 442 g/mol. The first-order valence-corrected chi connectivity index (χ1v) is 10.4. The molecule has 0 aliphatic carbocycles. The van der Waals surface area contributed by atoms with Gasteiger partial charge >= 0.3 is 18.0 Å². The number of amides is 4. The van der Waals surface area contributed by atoms with Crippen molar-refractivity contribution in [3.8, 4) is 0 Å². The summed E-state index contributed by atoms with van der Waals surface area (Å²) in [6, 6.07) is 3.34. The van der Waals surface area contributed by atoms with Crippen LogP contribution in [0.3, 0.4) is 0 Å². The minimum absolute atomic E-state index is 0.218. The minimum Gasteiger partial charge on any atom is -0.477 e. The van der Waals surface area contributed by atoms with Crippen LogP contribution in [0, 0.1) is 0 Å². The van der Waals surface area contributed by atoms with Crippen molar-refractivity contribution in [3.63, 3.8) is 0 Å². The van der Waals surface area contributed by atoms with Crippen molar-refractivity contribution < 1.29 is 33.8 Å². The Bertz CT molecular complexity index is 1010. The summed E-state index contributed by atoms with van der Waals surface area (Å²) in [7, 11) is 0. The topological polar surface area (TPSA) is 194 Å². The van der Waals surface area contributed by atoms with Gasteiger partial charge in [-0.25, -0.2) is 9.59 Å². The number of β-lactam (4-membered cyclic amide) rings is 1. The van der Waals surface area contributed by atoms with Gasteiger partial charge in [-0.3, -0.25) is 19.3 Å². The summed E-state index contributed by atoms with van der Waals surface area (Å²) in [6.45, 7) is 0.966. The Balaban J connectivity index is 1.68. The number of hydrogen-bond acceptors (Lipinski definition) is 8. The predicted octanol–water partition coefficient (Wildman–Crippen LogP) is -0.521. The number of urea groups is 1. The standard InChI is InChI=1S/C19H21N5O7S/c1-8(25)31-6-10-7-32-17-13(16(27)24(17)14(10)18(28)29)23-15(26)12(20)9-2-4-11(5-3-9)22-19(21)30/h2-5,12-13,17H,6-7,20H2,1H3,(H,23,26)(H,28,29)(H3,21,22,30)/t12?,13-,17-/m1/s1. The number of carboxylic acids is 1. The molecular formula is C19H21N5O7S. The van der Waals surface area contributed by atoms with E-state index in [2.05, 4.69) is 10.6 Å². The third kappa shape index (κ3) is 4.68. The number of esters is 1. The number of carbonyl (C=O) groups is 5. The van der Waals surface area contributed by atoms with Crippen LogP contribution in [0.2, 0.25) is 0 Å². The van der Waals surface area contributed by atoms with E-state index in [4.69, 9.17) is 16.2 Å². The number of primary amides is 1. The maximum Gasteiger partial charge on any atom is 0.352 e. The van der Waals surface area contributed by atoms with Gasteiger partial charge in [-0.2, -0.15) is 0 Å². The zero-order chi connectivity index (χ0) is 23.6. The Morgan fingerprint density at radius 2 is 1.94 bits per heavy atom. The molecule has 4 amide bonds. The molecule has 2 aliphatic rings. The van der Waals surface area contributed by atoms with E-state index >= 15 is 0 Å². The molecule has 0 spiro atoms. The number of rotatable bonds is 7. The van der Waals surface area contributed by atoms with Gasteiger partial charge in [-0.05, 0) is 17.7 Å². The number of aliphatic carboxylic acids is 1. The average Bonchev–Trinajstić information content (AvgIpc) is 2.74. The summed E-state index contributed by atoms with van der Waals surface area (Å²) in [6.07, 6.45) is 0. The Morgan fingerprint density at radius 3 is 2.50 bits per heavy atom. The number of nitrogens with two attached hydrogens (primary N) is 2.